The van der Waals surface area contributed by atoms with Crippen molar-refractivity contribution in [1.29, 1.82) is 0 Å². The molecule has 1 saturated carbocycles. The van der Waals surface area contributed by atoms with Crippen molar-refractivity contribution in [3.05, 3.63) is 11.6 Å². The molecule has 0 bridgehead atoms. The summed E-state index contributed by atoms with van der Waals surface area (Å²) in [5.41, 5.74) is 12.0. The van der Waals surface area contributed by atoms with Gasteiger partial charge < -0.3 is 21.7 Å². The molecule has 2 aliphatic rings. The summed E-state index contributed by atoms with van der Waals surface area (Å²) in [4.78, 5) is 20.8. The average Bonchev–Trinajstić information content (AvgIpc) is 3.01. The Bertz CT molecular complexity index is 417. The zero-order valence-corrected chi connectivity index (χ0v) is 13.7. The summed E-state index contributed by atoms with van der Waals surface area (Å²) in [6.45, 7) is 0. The Morgan fingerprint density at radius 2 is 1.65 bits per heavy atom. The van der Waals surface area contributed by atoms with Crippen molar-refractivity contribution >= 4 is 11.9 Å². The standard InChI is InChI=1S/C9H17NO2.C8H13NO2/c10-8(9(11)12)6-7-4-2-1-3-5-7;9-7(8(10)11)5-6-3-1-2-4-6/h7-8H,1-6,10H2,(H,11,12);3,7H,1-2,4-5,9H2,(H,10,11)/t8-;7-/m00/s1. The van der Waals surface area contributed by atoms with E-state index in [1.54, 1.807) is 0 Å². The molecule has 0 aromatic carbocycles. The van der Waals surface area contributed by atoms with E-state index in [4.69, 9.17) is 21.7 Å². The smallest absolute Gasteiger partial charge is 0.320 e. The van der Waals surface area contributed by atoms with Gasteiger partial charge in [-0.1, -0.05) is 43.8 Å². The van der Waals surface area contributed by atoms with Gasteiger partial charge in [0.25, 0.3) is 0 Å². The molecule has 1 fully saturated rings. The van der Waals surface area contributed by atoms with E-state index in [2.05, 4.69) is 6.08 Å². The molecule has 2 aliphatic carbocycles. The molecule has 0 spiro atoms. The number of carboxylic acids is 2. The van der Waals surface area contributed by atoms with Crippen LogP contribution in [0.3, 0.4) is 0 Å². The van der Waals surface area contributed by atoms with E-state index in [9.17, 15) is 9.59 Å². The Hall–Kier alpha value is -1.40. The number of rotatable bonds is 6. The molecule has 23 heavy (non-hydrogen) atoms. The van der Waals surface area contributed by atoms with Crippen molar-refractivity contribution in [2.24, 2.45) is 17.4 Å². The number of hydrogen-bond acceptors (Lipinski definition) is 4. The van der Waals surface area contributed by atoms with Gasteiger partial charge in [0.1, 0.15) is 12.1 Å². The summed E-state index contributed by atoms with van der Waals surface area (Å²) in [6.07, 6.45) is 12.7. The fraction of sp³-hybridized carbons (Fsp3) is 0.765. The largest absolute Gasteiger partial charge is 0.480 e. The summed E-state index contributed by atoms with van der Waals surface area (Å²) in [5, 5.41) is 17.1. The van der Waals surface area contributed by atoms with Crippen LogP contribution < -0.4 is 11.5 Å². The first-order chi connectivity index (χ1) is 10.9. The third-order valence-corrected chi connectivity index (χ3v) is 4.56. The van der Waals surface area contributed by atoms with Crippen LogP contribution in [-0.4, -0.2) is 34.2 Å². The van der Waals surface area contributed by atoms with E-state index in [1.165, 1.54) is 37.7 Å². The maximum atomic E-state index is 10.4. The van der Waals surface area contributed by atoms with Gasteiger partial charge in [-0.25, -0.2) is 0 Å². The monoisotopic (exact) mass is 326 g/mol. The van der Waals surface area contributed by atoms with Crippen LogP contribution >= 0.6 is 0 Å². The molecule has 0 aromatic heterocycles. The molecule has 0 heterocycles. The van der Waals surface area contributed by atoms with E-state index in [0.717, 1.165) is 19.3 Å². The van der Waals surface area contributed by atoms with Crippen LogP contribution in [0.1, 0.15) is 64.2 Å². The number of aliphatic carboxylic acids is 2. The van der Waals surface area contributed by atoms with Crippen LogP contribution in [0.4, 0.5) is 0 Å². The maximum absolute atomic E-state index is 10.4. The van der Waals surface area contributed by atoms with Crippen LogP contribution in [-0.2, 0) is 9.59 Å². The molecular formula is C17H30N2O4. The summed E-state index contributed by atoms with van der Waals surface area (Å²) >= 11 is 0. The van der Waals surface area contributed by atoms with Gasteiger partial charge in [-0.15, -0.1) is 0 Å². The number of allylic oxidation sites excluding steroid dienone is 1. The summed E-state index contributed by atoms with van der Waals surface area (Å²) in [6, 6.07) is -1.35. The minimum Gasteiger partial charge on any atom is -0.480 e. The zero-order valence-electron chi connectivity index (χ0n) is 13.7. The van der Waals surface area contributed by atoms with E-state index >= 15 is 0 Å². The second kappa shape index (κ2) is 10.4. The van der Waals surface area contributed by atoms with E-state index in [0.29, 0.717) is 18.8 Å². The molecule has 6 heteroatoms. The lowest BCUT2D eigenvalue weighted by Crippen LogP contribution is -2.32. The highest BCUT2D eigenvalue weighted by Crippen LogP contribution is 2.26. The van der Waals surface area contributed by atoms with Crippen LogP contribution in [0.15, 0.2) is 11.6 Å². The lowest BCUT2D eigenvalue weighted by Gasteiger charge is -2.22. The van der Waals surface area contributed by atoms with Crippen molar-refractivity contribution < 1.29 is 19.8 Å². The number of carbonyl (C=O) groups is 2. The third kappa shape index (κ3) is 8.13. The molecule has 2 rings (SSSR count). The SMILES string of the molecule is N[C@@H](CC1=CCCC1)C(=O)O.N[C@@H](CC1CCCCC1)C(=O)O. The van der Waals surface area contributed by atoms with E-state index in [1.807, 2.05) is 0 Å². The predicted octanol–water partition coefficient (Wildman–Crippen LogP) is 2.27. The highest BCUT2D eigenvalue weighted by Gasteiger charge is 2.20. The zero-order chi connectivity index (χ0) is 17.2. The second-order valence-electron chi connectivity index (χ2n) is 6.59. The highest BCUT2D eigenvalue weighted by molar-refractivity contribution is 5.73. The molecule has 132 valence electrons. The lowest BCUT2D eigenvalue weighted by atomic mass is 9.85. The van der Waals surface area contributed by atoms with E-state index < -0.39 is 24.0 Å². The molecule has 0 radical (unpaired) electrons. The Morgan fingerprint density at radius 1 is 1.04 bits per heavy atom. The van der Waals surface area contributed by atoms with Gasteiger partial charge in [0.15, 0.2) is 0 Å². The molecule has 6 nitrogen and oxygen atoms in total. The van der Waals surface area contributed by atoms with Crippen LogP contribution in [0.5, 0.6) is 0 Å². The number of hydrogen-bond donors (Lipinski definition) is 4. The summed E-state index contributed by atoms with van der Waals surface area (Å²) in [5.74, 6) is -1.21. The molecule has 0 amide bonds. The molecule has 0 aliphatic heterocycles. The second-order valence-corrected chi connectivity index (χ2v) is 6.59. The predicted molar refractivity (Wildman–Crippen MR) is 89.0 cm³/mol. The molecule has 0 unspecified atom stereocenters. The molecular weight excluding hydrogens is 296 g/mol. The fourth-order valence-corrected chi connectivity index (χ4v) is 3.18. The lowest BCUT2D eigenvalue weighted by molar-refractivity contribution is -0.139. The van der Waals surface area contributed by atoms with Crippen molar-refractivity contribution in [3.63, 3.8) is 0 Å². The van der Waals surface area contributed by atoms with Gasteiger partial charge in [-0.05, 0) is 38.0 Å². The van der Waals surface area contributed by atoms with Crippen molar-refractivity contribution in [2.75, 3.05) is 0 Å². The quantitative estimate of drug-likeness (QED) is 0.555. The molecule has 0 aromatic rings. The minimum atomic E-state index is -0.905. The van der Waals surface area contributed by atoms with Gasteiger partial charge in [-0.2, -0.15) is 0 Å². The highest BCUT2D eigenvalue weighted by atomic mass is 16.4. The molecule has 2 atom stereocenters. The Balaban J connectivity index is 0.000000231. The number of nitrogens with two attached hydrogens (primary N) is 2. The van der Waals surface area contributed by atoms with Crippen LogP contribution in [0, 0.1) is 5.92 Å². The van der Waals surface area contributed by atoms with Gasteiger partial charge in [-0.3, -0.25) is 9.59 Å². The van der Waals surface area contributed by atoms with Gasteiger partial charge in [0, 0.05) is 0 Å². The normalized spacial score (nSPS) is 20.9. The van der Waals surface area contributed by atoms with Gasteiger partial charge >= 0.3 is 11.9 Å². The molecule has 6 N–H and O–H groups in total. The minimum absolute atomic E-state index is 0.523. The first kappa shape index (κ1) is 19.6. The van der Waals surface area contributed by atoms with Crippen LogP contribution in [0.25, 0.3) is 0 Å². The Morgan fingerprint density at radius 3 is 2.13 bits per heavy atom. The topological polar surface area (TPSA) is 127 Å². The molecule has 0 saturated heterocycles. The fourth-order valence-electron chi connectivity index (χ4n) is 3.18. The summed E-state index contributed by atoms with van der Waals surface area (Å²) < 4.78 is 0. The number of carboxylic acid groups (broad SMARTS) is 2. The van der Waals surface area contributed by atoms with Crippen molar-refractivity contribution in [2.45, 2.75) is 76.3 Å². The Labute approximate surface area is 137 Å². The maximum Gasteiger partial charge on any atom is 0.320 e. The van der Waals surface area contributed by atoms with Gasteiger partial charge in [0.2, 0.25) is 0 Å². The first-order valence-electron chi connectivity index (χ1n) is 8.54. The third-order valence-electron chi connectivity index (χ3n) is 4.56. The summed E-state index contributed by atoms with van der Waals surface area (Å²) in [7, 11) is 0. The van der Waals surface area contributed by atoms with Gasteiger partial charge in [0.05, 0.1) is 0 Å². The van der Waals surface area contributed by atoms with Crippen molar-refractivity contribution in [3.8, 4) is 0 Å². The van der Waals surface area contributed by atoms with Crippen molar-refractivity contribution in [1.82, 2.24) is 0 Å². The van der Waals surface area contributed by atoms with E-state index in [-0.39, 0.29) is 0 Å². The average molecular weight is 326 g/mol. The van der Waals surface area contributed by atoms with Crippen LogP contribution in [0.2, 0.25) is 0 Å². The Kier molecular flexibility index (Phi) is 8.87. The first-order valence-corrected chi connectivity index (χ1v) is 8.54.